The van der Waals surface area contributed by atoms with E-state index in [1.807, 2.05) is 55.6 Å². The van der Waals surface area contributed by atoms with Gasteiger partial charge >= 0.3 is 0 Å². The molecule has 1 saturated carbocycles. The van der Waals surface area contributed by atoms with Crippen LogP contribution in [0.5, 0.6) is 0 Å². The molecule has 7 nitrogen and oxygen atoms in total. The number of aromatic nitrogens is 2. The summed E-state index contributed by atoms with van der Waals surface area (Å²) in [7, 11) is 2.01. The summed E-state index contributed by atoms with van der Waals surface area (Å²) in [5.74, 6) is 0.00355. The Balaban J connectivity index is 1.37. The van der Waals surface area contributed by atoms with Crippen molar-refractivity contribution in [2.45, 2.75) is 19.4 Å². The summed E-state index contributed by atoms with van der Waals surface area (Å²) >= 11 is 2.25. The van der Waals surface area contributed by atoms with Crippen LogP contribution in [0.1, 0.15) is 28.8 Å². The van der Waals surface area contributed by atoms with E-state index >= 15 is 0 Å². The second kappa shape index (κ2) is 9.55. The van der Waals surface area contributed by atoms with Crippen LogP contribution in [0.4, 0.5) is 11.4 Å². The topological polar surface area (TPSA) is 90.1 Å². The number of nitrogens with one attached hydrogen (secondary N) is 3. The molecule has 172 valence electrons. The lowest BCUT2D eigenvalue weighted by Gasteiger charge is -2.09. The molecule has 0 bridgehead atoms. The maximum absolute atomic E-state index is 13.0. The average Bonchev–Trinajstić information content (AvgIpc) is 3.59. The first-order valence-electron chi connectivity index (χ1n) is 11.1. The SMILES string of the molecule is CN(I)Cc1ccc(NC(=O)c2c[nH]c3ccc(-c4cncc(NC(=O)C5CC5)c4)cc23)cc1. The molecule has 1 aliphatic rings. The Morgan fingerprint density at radius 3 is 2.56 bits per heavy atom. The normalized spacial score (nSPS) is 13.3. The monoisotopic (exact) mass is 565 g/mol. The minimum atomic E-state index is -0.175. The van der Waals surface area contributed by atoms with Gasteiger partial charge in [0, 0.05) is 69.9 Å². The molecule has 1 fully saturated rings. The summed E-state index contributed by atoms with van der Waals surface area (Å²) < 4.78 is 2.07. The number of rotatable bonds is 7. The van der Waals surface area contributed by atoms with E-state index < -0.39 is 0 Å². The van der Waals surface area contributed by atoms with Gasteiger partial charge in [-0.25, -0.2) is 3.11 Å². The van der Waals surface area contributed by atoms with Gasteiger partial charge in [-0.3, -0.25) is 14.6 Å². The molecule has 0 unspecified atom stereocenters. The Bertz CT molecular complexity index is 1360. The third kappa shape index (κ3) is 5.13. The van der Waals surface area contributed by atoms with Crippen molar-refractivity contribution in [1.29, 1.82) is 0 Å². The predicted octanol–water partition coefficient (Wildman–Crippen LogP) is 5.61. The van der Waals surface area contributed by atoms with Gasteiger partial charge in [0.15, 0.2) is 0 Å². The Labute approximate surface area is 211 Å². The van der Waals surface area contributed by atoms with Crippen LogP contribution in [0.2, 0.25) is 0 Å². The molecular weight excluding hydrogens is 541 g/mol. The molecule has 0 aliphatic heterocycles. The number of pyridine rings is 1. The Morgan fingerprint density at radius 2 is 1.82 bits per heavy atom. The number of benzene rings is 2. The number of hydrogen-bond donors (Lipinski definition) is 3. The predicted molar refractivity (Wildman–Crippen MR) is 143 cm³/mol. The fourth-order valence-corrected chi connectivity index (χ4v) is 4.28. The van der Waals surface area contributed by atoms with E-state index in [1.54, 1.807) is 18.6 Å². The van der Waals surface area contributed by atoms with Crippen molar-refractivity contribution in [3.8, 4) is 11.1 Å². The molecule has 3 N–H and O–H groups in total. The highest BCUT2D eigenvalue weighted by atomic mass is 127. The quantitative estimate of drug-likeness (QED) is 0.201. The number of H-pyrrole nitrogens is 1. The van der Waals surface area contributed by atoms with Gasteiger partial charge in [-0.05, 0) is 61.3 Å². The molecule has 2 heterocycles. The number of carbonyl (C=O) groups excluding carboxylic acids is 2. The minimum Gasteiger partial charge on any atom is -0.360 e. The zero-order valence-corrected chi connectivity index (χ0v) is 20.8. The molecule has 2 aromatic carbocycles. The molecule has 4 aromatic rings. The minimum absolute atomic E-state index is 0.0494. The maximum Gasteiger partial charge on any atom is 0.257 e. The van der Waals surface area contributed by atoms with Crippen LogP contribution in [0.25, 0.3) is 22.0 Å². The number of nitrogens with zero attached hydrogens (tertiary/aromatic N) is 2. The van der Waals surface area contributed by atoms with Crippen LogP contribution in [0, 0.1) is 5.92 Å². The van der Waals surface area contributed by atoms with Gasteiger partial charge in [0.05, 0.1) is 17.4 Å². The fraction of sp³-hybridized carbons (Fsp3) is 0.192. The highest BCUT2D eigenvalue weighted by Crippen LogP contribution is 2.31. The second-order valence-corrected chi connectivity index (χ2v) is 10.2. The molecule has 2 aromatic heterocycles. The summed E-state index contributed by atoms with van der Waals surface area (Å²) in [5, 5.41) is 6.76. The van der Waals surface area contributed by atoms with E-state index in [0.717, 1.165) is 47.1 Å². The third-order valence-electron chi connectivity index (χ3n) is 5.83. The van der Waals surface area contributed by atoms with Gasteiger partial charge in [-0.1, -0.05) is 18.2 Å². The fourth-order valence-electron chi connectivity index (χ4n) is 3.89. The summed E-state index contributed by atoms with van der Waals surface area (Å²) in [6, 6.07) is 15.7. The molecule has 0 atom stereocenters. The van der Waals surface area contributed by atoms with Crippen LogP contribution in [0.3, 0.4) is 0 Å². The summed E-state index contributed by atoms with van der Waals surface area (Å²) in [5.41, 5.74) is 5.84. The summed E-state index contributed by atoms with van der Waals surface area (Å²) in [6.45, 7) is 0.834. The van der Waals surface area contributed by atoms with Crippen LogP contribution in [-0.2, 0) is 11.3 Å². The number of aromatic amines is 1. The molecule has 0 radical (unpaired) electrons. The largest absolute Gasteiger partial charge is 0.360 e. The highest BCUT2D eigenvalue weighted by Gasteiger charge is 2.29. The van der Waals surface area contributed by atoms with Gasteiger partial charge in [0.25, 0.3) is 5.91 Å². The molecule has 0 saturated heterocycles. The van der Waals surface area contributed by atoms with E-state index in [1.165, 1.54) is 5.56 Å². The average molecular weight is 565 g/mol. The van der Waals surface area contributed by atoms with Gasteiger partial charge < -0.3 is 15.6 Å². The molecule has 34 heavy (non-hydrogen) atoms. The third-order valence-corrected chi connectivity index (χ3v) is 6.17. The zero-order chi connectivity index (χ0) is 23.7. The molecule has 0 spiro atoms. The zero-order valence-electron chi connectivity index (χ0n) is 18.6. The lowest BCUT2D eigenvalue weighted by molar-refractivity contribution is -0.117. The lowest BCUT2D eigenvalue weighted by Crippen LogP contribution is -2.13. The van der Waals surface area contributed by atoms with Crippen molar-refractivity contribution in [2.75, 3.05) is 17.7 Å². The van der Waals surface area contributed by atoms with Crippen molar-refractivity contribution >= 4 is 57.0 Å². The smallest absolute Gasteiger partial charge is 0.257 e. The Morgan fingerprint density at radius 1 is 1.03 bits per heavy atom. The van der Waals surface area contributed by atoms with Gasteiger partial charge in [-0.2, -0.15) is 0 Å². The number of fused-ring (bicyclic) bond motifs is 1. The summed E-state index contributed by atoms with van der Waals surface area (Å²) in [4.78, 5) is 32.6. The van der Waals surface area contributed by atoms with Crippen LogP contribution < -0.4 is 10.6 Å². The van der Waals surface area contributed by atoms with E-state index in [9.17, 15) is 9.59 Å². The van der Waals surface area contributed by atoms with Gasteiger partial charge in [-0.15, -0.1) is 0 Å². The first-order chi connectivity index (χ1) is 16.5. The molecular formula is C26H24IN5O2. The number of carbonyl (C=O) groups is 2. The van der Waals surface area contributed by atoms with E-state index in [-0.39, 0.29) is 17.7 Å². The van der Waals surface area contributed by atoms with Crippen LogP contribution >= 0.6 is 22.9 Å². The van der Waals surface area contributed by atoms with Crippen molar-refractivity contribution in [3.63, 3.8) is 0 Å². The first-order valence-corrected chi connectivity index (χ1v) is 12.1. The number of anilines is 2. The van der Waals surface area contributed by atoms with Crippen molar-refractivity contribution in [3.05, 3.63) is 78.2 Å². The Hall–Kier alpha value is -3.24. The van der Waals surface area contributed by atoms with Crippen molar-refractivity contribution < 1.29 is 9.59 Å². The van der Waals surface area contributed by atoms with E-state index in [4.69, 9.17) is 0 Å². The van der Waals surface area contributed by atoms with Gasteiger partial charge in [0.2, 0.25) is 5.91 Å². The van der Waals surface area contributed by atoms with Crippen molar-refractivity contribution in [2.24, 2.45) is 5.92 Å². The standard InChI is InChI=1S/C26H24IN5O2/c1-32(27)15-16-2-7-20(8-3-16)30-26(34)23-14-29-24-9-6-18(11-22(23)24)19-10-21(13-28-12-19)31-25(33)17-4-5-17/h2-3,6-14,17,29H,4-5,15H2,1H3,(H,30,34)(H,31,33). The molecule has 8 heteroatoms. The van der Waals surface area contributed by atoms with E-state index in [0.29, 0.717) is 11.3 Å². The summed E-state index contributed by atoms with van der Waals surface area (Å²) in [6.07, 6.45) is 7.05. The first kappa shape index (κ1) is 22.5. The lowest BCUT2D eigenvalue weighted by atomic mass is 10.0. The number of halogens is 1. The maximum atomic E-state index is 13.0. The number of hydrogen-bond acceptors (Lipinski definition) is 4. The molecule has 1 aliphatic carbocycles. The Kier molecular flexibility index (Phi) is 6.34. The number of amides is 2. The van der Waals surface area contributed by atoms with Crippen LogP contribution in [0.15, 0.2) is 67.1 Å². The molecule has 2 amide bonds. The van der Waals surface area contributed by atoms with E-state index in [2.05, 4.69) is 46.6 Å². The highest BCUT2D eigenvalue weighted by molar-refractivity contribution is 14.1. The van der Waals surface area contributed by atoms with Gasteiger partial charge in [0.1, 0.15) is 0 Å². The molecule has 5 rings (SSSR count). The van der Waals surface area contributed by atoms with Crippen LogP contribution in [-0.4, -0.2) is 31.9 Å². The van der Waals surface area contributed by atoms with Crippen molar-refractivity contribution in [1.82, 2.24) is 13.1 Å². The second-order valence-electron chi connectivity index (χ2n) is 8.60.